The third kappa shape index (κ3) is 3.78. The minimum absolute atomic E-state index is 0.00771. The standard InChI is InChI=1S/C14H15ClN2OS/c1-9-13(19-10(2)17-9)7-14(18)16-8-11-5-3-4-6-12(11)15/h3-6H,7-8H2,1-2H3,(H,16,18). The zero-order chi connectivity index (χ0) is 13.8. The maximum absolute atomic E-state index is 11.9. The molecule has 1 heterocycles. The van der Waals surface area contributed by atoms with Gasteiger partial charge in [-0.2, -0.15) is 0 Å². The van der Waals surface area contributed by atoms with Gasteiger partial charge in [0.2, 0.25) is 5.91 Å². The van der Waals surface area contributed by atoms with E-state index in [4.69, 9.17) is 11.6 Å². The molecule has 0 unspecified atom stereocenters. The number of thiazole rings is 1. The van der Waals surface area contributed by atoms with E-state index in [1.807, 2.05) is 38.1 Å². The third-order valence-electron chi connectivity index (χ3n) is 2.75. The van der Waals surface area contributed by atoms with Crippen molar-refractivity contribution in [3.05, 3.63) is 50.4 Å². The summed E-state index contributed by atoms with van der Waals surface area (Å²) in [6.45, 7) is 4.33. The van der Waals surface area contributed by atoms with Crippen molar-refractivity contribution in [2.24, 2.45) is 0 Å². The molecule has 1 aromatic carbocycles. The highest BCUT2D eigenvalue weighted by Gasteiger charge is 2.10. The van der Waals surface area contributed by atoms with Crippen molar-refractivity contribution >= 4 is 28.8 Å². The molecule has 1 N–H and O–H groups in total. The number of benzene rings is 1. The summed E-state index contributed by atoms with van der Waals surface area (Å²) in [5.74, 6) is -0.00771. The van der Waals surface area contributed by atoms with Crippen LogP contribution in [0.2, 0.25) is 5.02 Å². The second kappa shape index (κ2) is 6.17. The predicted molar refractivity (Wildman–Crippen MR) is 78.6 cm³/mol. The zero-order valence-electron chi connectivity index (χ0n) is 10.9. The van der Waals surface area contributed by atoms with Crippen molar-refractivity contribution < 1.29 is 4.79 Å². The largest absolute Gasteiger partial charge is 0.352 e. The smallest absolute Gasteiger partial charge is 0.225 e. The van der Waals surface area contributed by atoms with Gasteiger partial charge in [0.25, 0.3) is 0 Å². The molecule has 2 aromatic rings. The number of nitrogens with one attached hydrogen (secondary N) is 1. The Morgan fingerprint density at radius 1 is 1.37 bits per heavy atom. The summed E-state index contributed by atoms with van der Waals surface area (Å²) in [5.41, 5.74) is 1.87. The Bertz CT molecular complexity index is 595. The number of carbonyl (C=O) groups excluding carboxylic acids is 1. The van der Waals surface area contributed by atoms with E-state index < -0.39 is 0 Å². The van der Waals surface area contributed by atoms with Gasteiger partial charge in [-0.15, -0.1) is 11.3 Å². The van der Waals surface area contributed by atoms with E-state index in [-0.39, 0.29) is 5.91 Å². The van der Waals surface area contributed by atoms with E-state index in [1.54, 1.807) is 11.3 Å². The molecular weight excluding hydrogens is 280 g/mol. The predicted octanol–water partition coefficient (Wildman–Crippen LogP) is 3.27. The van der Waals surface area contributed by atoms with E-state index in [0.29, 0.717) is 18.0 Å². The summed E-state index contributed by atoms with van der Waals surface area (Å²) >= 11 is 7.61. The van der Waals surface area contributed by atoms with Gasteiger partial charge < -0.3 is 5.32 Å². The number of amides is 1. The quantitative estimate of drug-likeness (QED) is 0.940. The van der Waals surface area contributed by atoms with Crippen molar-refractivity contribution in [2.75, 3.05) is 0 Å². The van der Waals surface area contributed by atoms with Crippen LogP contribution in [0.3, 0.4) is 0 Å². The highest BCUT2D eigenvalue weighted by atomic mass is 35.5. The summed E-state index contributed by atoms with van der Waals surface area (Å²) in [7, 11) is 0. The molecule has 0 saturated carbocycles. The normalized spacial score (nSPS) is 10.5. The fourth-order valence-electron chi connectivity index (χ4n) is 1.78. The average Bonchev–Trinajstić information content (AvgIpc) is 2.67. The Labute approximate surface area is 121 Å². The van der Waals surface area contributed by atoms with Crippen LogP contribution in [0.25, 0.3) is 0 Å². The fraction of sp³-hybridized carbons (Fsp3) is 0.286. The molecule has 0 radical (unpaired) electrons. The topological polar surface area (TPSA) is 42.0 Å². The first-order valence-electron chi connectivity index (χ1n) is 5.99. The first kappa shape index (κ1) is 14.0. The minimum atomic E-state index is -0.00771. The second-order valence-corrected chi connectivity index (χ2v) is 5.98. The van der Waals surface area contributed by atoms with Gasteiger partial charge in [-0.1, -0.05) is 29.8 Å². The first-order valence-corrected chi connectivity index (χ1v) is 7.18. The van der Waals surface area contributed by atoms with Gasteiger partial charge in [-0.05, 0) is 25.5 Å². The van der Waals surface area contributed by atoms with E-state index in [2.05, 4.69) is 10.3 Å². The van der Waals surface area contributed by atoms with Crippen LogP contribution >= 0.6 is 22.9 Å². The number of hydrogen-bond acceptors (Lipinski definition) is 3. The maximum atomic E-state index is 11.9. The van der Waals surface area contributed by atoms with E-state index in [1.165, 1.54) is 0 Å². The molecule has 5 heteroatoms. The molecule has 3 nitrogen and oxygen atoms in total. The fourth-order valence-corrected chi connectivity index (χ4v) is 2.92. The van der Waals surface area contributed by atoms with Crippen molar-refractivity contribution in [3.8, 4) is 0 Å². The number of rotatable bonds is 4. The van der Waals surface area contributed by atoms with Gasteiger partial charge in [0, 0.05) is 16.4 Å². The van der Waals surface area contributed by atoms with Crippen LogP contribution in [-0.2, 0) is 17.8 Å². The Kier molecular flexibility index (Phi) is 4.56. The van der Waals surface area contributed by atoms with Crippen LogP contribution in [0.5, 0.6) is 0 Å². The van der Waals surface area contributed by atoms with Crippen LogP contribution in [0, 0.1) is 13.8 Å². The molecule has 0 atom stereocenters. The second-order valence-electron chi connectivity index (χ2n) is 4.29. The molecule has 0 saturated heterocycles. The summed E-state index contributed by atoms with van der Waals surface area (Å²) in [6.07, 6.45) is 0.377. The Morgan fingerprint density at radius 3 is 2.74 bits per heavy atom. The number of halogens is 1. The Balaban J connectivity index is 1.92. The molecule has 0 aliphatic carbocycles. The minimum Gasteiger partial charge on any atom is -0.352 e. The number of aromatic nitrogens is 1. The van der Waals surface area contributed by atoms with Crippen LogP contribution in [-0.4, -0.2) is 10.9 Å². The monoisotopic (exact) mass is 294 g/mol. The van der Waals surface area contributed by atoms with E-state index in [9.17, 15) is 4.79 Å². The Hall–Kier alpha value is -1.39. The van der Waals surface area contributed by atoms with Gasteiger partial charge in [-0.25, -0.2) is 4.98 Å². The van der Waals surface area contributed by atoms with Crippen molar-refractivity contribution in [3.63, 3.8) is 0 Å². The van der Waals surface area contributed by atoms with Crippen LogP contribution in [0.4, 0.5) is 0 Å². The summed E-state index contributed by atoms with van der Waals surface area (Å²) in [6, 6.07) is 7.51. The molecule has 19 heavy (non-hydrogen) atoms. The summed E-state index contributed by atoms with van der Waals surface area (Å²) in [5, 5.41) is 4.55. The zero-order valence-corrected chi connectivity index (χ0v) is 12.4. The van der Waals surface area contributed by atoms with Gasteiger partial charge >= 0.3 is 0 Å². The number of carbonyl (C=O) groups is 1. The lowest BCUT2D eigenvalue weighted by Crippen LogP contribution is -2.24. The maximum Gasteiger partial charge on any atom is 0.225 e. The van der Waals surface area contributed by atoms with Crippen molar-refractivity contribution in [2.45, 2.75) is 26.8 Å². The van der Waals surface area contributed by atoms with Crippen LogP contribution in [0.1, 0.15) is 21.1 Å². The lowest BCUT2D eigenvalue weighted by Gasteiger charge is -2.06. The van der Waals surface area contributed by atoms with Gasteiger partial charge in [0.15, 0.2) is 0 Å². The molecular formula is C14H15ClN2OS. The van der Waals surface area contributed by atoms with Crippen LogP contribution < -0.4 is 5.32 Å². The van der Waals surface area contributed by atoms with E-state index in [0.717, 1.165) is 21.1 Å². The lowest BCUT2D eigenvalue weighted by atomic mass is 10.2. The molecule has 100 valence electrons. The molecule has 1 amide bonds. The molecule has 0 fully saturated rings. The third-order valence-corrected chi connectivity index (χ3v) is 4.20. The highest BCUT2D eigenvalue weighted by Crippen LogP contribution is 2.18. The number of hydrogen-bond donors (Lipinski definition) is 1. The molecule has 0 aliphatic heterocycles. The first-order chi connectivity index (χ1) is 9.06. The molecule has 2 rings (SSSR count). The lowest BCUT2D eigenvalue weighted by molar-refractivity contribution is -0.120. The van der Waals surface area contributed by atoms with Gasteiger partial charge in [-0.3, -0.25) is 4.79 Å². The number of nitrogens with zero attached hydrogens (tertiary/aromatic N) is 1. The average molecular weight is 295 g/mol. The summed E-state index contributed by atoms with van der Waals surface area (Å²) < 4.78 is 0. The number of aryl methyl sites for hydroxylation is 2. The van der Waals surface area contributed by atoms with Gasteiger partial charge in [0.05, 0.1) is 17.1 Å². The molecule has 0 aliphatic rings. The molecule has 0 spiro atoms. The summed E-state index contributed by atoms with van der Waals surface area (Å²) in [4.78, 5) is 17.2. The Morgan fingerprint density at radius 2 is 2.11 bits per heavy atom. The van der Waals surface area contributed by atoms with Crippen molar-refractivity contribution in [1.29, 1.82) is 0 Å². The van der Waals surface area contributed by atoms with Crippen LogP contribution in [0.15, 0.2) is 24.3 Å². The molecule has 0 bridgehead atoms. The van der Waals surface area contributed by atoms with Gasteiger partial charge in [0.1, 0.15) is 0 Å². The van der Waals surface area contributed by atoms with Crippen molar-refractivity contribution in [1.82, 2.24) is 10.3 Å². The SMILES string of the molecule is Cc1nc(C)c(CC(=O)NCc2ccccc2Cl)s1. The highest BCUT2D eigenvalue weighted by molar-refractivity contribution is 7.11. The van der Waals surface area contributed by atoms with E-state index >= 15 is 0 Å². The molecule has 1 aromatic heterocycles.